The minimum absolute atomic E-state index is 0.106. The average Bonchev–Trinajstić information content (AvgIpc) is 3.31. The van der Waals surface area contributed by atoms with Crippen LogP contribution in [0.5, 0.6) is 0 Å². The molecule has 3 aromatic heterocycles. The first kappa shape index (κ1) is 24.1. The van der Waals surface area contributed by atoms with Gasteiger partial charge in [0.2, 0.25) is 11.7 Å². The molecule has 0 spiro atoms. The molecule has 0 aliphatic heterocycles. The molecule has 0 aromatic carbocycles. The van der Waals surface area contributed by atoms with E-state index in [9.17, 15) is 14.4 Å². The molecule has 5 rings (SSSR count). The Hall–Kier alpha value is -2.66. The van der Waals surface area contributed by atoms with Gasteiger partial charge in [-0.25, -0.2) is 4.79 Å². The molecular weight excluding hydrogens is 486 g/mol. The Balaban J connectivity index is 1.40. The Morgan fingerprint density at radius 1 is 1.11 bits per heavy atom. The van der Waals surface area contributed by atoms with Gasteiger partial charge in [-0.05, 0) is 70.8 Å². The maximum absolute atomic E-state index is 13.2. The maximum atomic E-state index is 13.2. The second-order valence-corrected chi connectivity index (χ2v) is 11.4. The second-order valence-electron chi connectivity index (χ2n) is 8.97. The molecule has 0 fully saturated rings. The number of anilines is 1. The van der Waals surface area contributed by atoms with Crippen molar-refractivity contribution < 1.29 is 14.3 Å². The lowest BCUT2D eigenvalue weighted by atomic mass is 9.97. The average molecular weight is 516 g/mol. The molecule has 186 valence electrons. The van der Waals surface area contributed by atoms with Gasteiger partial charge in [0.1, 0.15) is 5.00 Å². The highest BCUT2D eigenvalue weighted by atomic mass is 32.2. The van der Waals surface area contributed by atoms with Crippen LogP contribution in [0.4, 0.5) is 5.00 Å². The van der Waals surface area contributed by atoms with E-state index >= 15 is 0 Å². The summed E-state index contributed by atoms with van der Waals surface area (Å²) in [5.74, 6) is -0.189. The van der Waals surface area contributed by atoms with Crippen LogP contribution in [0.1, 0.15) is 78.0 Å². The van der Waals surface area contributed by atoms with Crippen LogP contribution in [-0.4, -0.2) is 43.3 Å². The summed E-state index contributed by atoms with van der Waals surface area (Å²) in [4.78, 5) is 42.4. The highest BCUT2D eigenvalue weighted by molar-refractivity contribution is 8.00. The van der Waals surface area contributed by atoms with E-state index in [0.29, 0.717) is 21.5 Å². The lowest BCUT2D eigenvalue weighted by Crippen LogP contribution is -2.25. The van der Waals surface area contributed by atoms with Gasteiger partial charge in [-0.15, -0.1) is 21.5 Å². The Labute approximate surface area is 211 Å². The van der Waals surface area contributed by atoms with Crippen LogP contribution in [-0.2, 0) is 35.2 Å². The van der Waals surface area contributed by atoms with Gasteiger partial charge in [-0.3, -0.25) is 19.0 Å². The van der Waals surface area contributed by atoms with Gasteiger partial charge in [0.15, 0.2) is 5.16 Å². The molecule has 2 N–H and O–H groups in total. The number of esters is 1. The van der Waals surface area contributed by atoms with Crippen LogP contribution in [0.15, 0.2) is 9.95 Å². The highest BCUT2D eigenvalue weighted by Gasteiger charge is 2.29. The van der Waals surface area contributed by atoms with Crippen molar-refractivity contribution in [2.45, 2.75) is 82.0 Å². The number of ether oxygens (including phenoxy) is 1. The van der Waals surface area contributed by atoms with Crippen molar-refractivity contribution in [2.75, 3.05) is 11.9 Å². The van der Waals surface area contributed by atoms with E-state index in [1.807, 2.05) is 11.3 Å². The van der Waals surface area contributed by atoms with E-state index in [-0.39, 0.29) is 24.0 Å². The number of nitrogens with zero attached hydrogens (tertiary/aromatic N) is 3. The number of aryl methyl sites for hydroxylation is 2. The molecule has 9 nitrogen and oxygen atoms in total. The molecule has 1 atom stereocenters. The number of aromatic amines is 1. The van der Waals surface area contributed by atoms with Crippen LogP contribution in [0.2, 0.25) is 0 Å². The van der Waals surface area contributed by atoms with Crippen molar-refractivity contribution in [1.82, 2.24) is 19.6 Å². The molecule has 0 saturated heterocycles. The molecule has 2 aliphatic rings. The van der Waals surface area contributed by atoms with Gasteiger partial charge in [0.05, 0.1) is 17.4 Å². The topological polar surface area (TPSA) is 118 Å². The zero-order valence-electron chi connectivity index (χ0n) is 19.9. The number of carbonyl (C=O) groups excluding carboxylic acids is 2. The van der Waals surface area contributed by atoms with E-state index in [4.69, 9.17) is 4.74 Å². The van der Waals surface area contributed by atoms with Crippen LogP contribution >= 0.6 is 23.1 Å². The molecule has 1 unspecified atom stereocenters. The van der Waals surface area contributed by atoms with Crippen LogP contribution < -0.4 is 10.9 Å². The number of hydrogen-bond donors (Lipinski definition) is 2. The zero-order valence-corrected chi connectivity index (χ0v) is 21.6. The van der Waals surface area contributed by atoms with E-state index < -0.39 is 5.25 Å². The van der Waals surface area contributed by atoms with Gasteiger partial charge in [-0.2, -0.15) is 0 Å². The van der Waals surface area contributed by atoms with Crippen molar-refractivity contribution in [3.05, 3.63) is 37.6 Å². The minimum atomic E-state index is -0.495. The Bertz CT molecular complexity index is 1340. The fraction of sp³-hybridized carbons (Fsp3) is 0.542. The standard InChI is InChI=1S/C24H29N5O4S2/c1-3-33-22(32)18-15-10-5-4-6-12-17(15)35-21(18)25-19(30)13(2)34-24-28-27-23-26-20(31)14-9-7-8-11-16(14)29(23)24/h13H,3-12H2,1-2H3,(H,25,30)(H,26,27,31). The van der Waals surface area contributed by atoms with Gasteiger partial charge in [0, 0.05) is 16.1 Å². The largest absolute Gasteiger partial charge is 0.462 e. The highest BCUT2D eigenvalue weighted by Crippen LogP contribution is 2.38. The molecule has 35 heavy (non-hydrogen) atoms. The third-order valence-electron chi connectivity index (χ3n) is 6.63. The predicted molar refractivity (Wildman–Crippen MR) is 136 cm³/mol. The van der Waals surface area contributed by atoms with Crippen molar-refractivity contribution in [1.29, 1.82) is 0 Å². The summed E-state index contributed by atoms with van der Waals surface area (Å²) in [6, 6.07) is 0. The second kappa shape index (κ2) is 10.1. The van der Waals surface area contributed by atoms with Gasteiger partial charge >= 0.3 is 5.97 Å². The molecular formula is C24H29N5O4S2. The SMILES string of the molecule is CCOC(=O)c1c(NC(=O)C(C)Sc2nnc3[nH]c(=O)c4c(n23)CCCC4)sc2c1CCCCC2. The monoisotopic (exact) mass is 515 g/mol. The molecule has 3 aromatic rings. The Morgan fingerprint density at radius 3 is 2.69 bits per heavy atom. The van der Waals surface area contributed by atoms with Crippen molar-refractivity contribution >= 4 is 45.8 Å². The number of hydrogen-bond acceptors (Lipinski definition) is 8. The zero-order chi connectivity index (χ0) is 24.5. The third-order valence-corrected chi connectivity index (χ3v) is 8.88. The number of rotatable bonds is 6. The van der Waals surface area contributed by atoms with Crippen LogP contribution in [0.25, 0.3) is 5.78 Å². The first-order chi connectivity index (χ1) is 17.0. The van der Waals surface area contributed by atoms with E-state index in [1.54, 1.807) is 6.92 Å². The molecule has 0 radical (unpaired) electrons. The molecule has 1 amide bonds. The summed E-state index contributed by atoms with van der Waals surface area (Å²) in [6.45, 7) is 3.88. The van der Waals surface area contributed by atoms with Gasteiger partial charge < -0.3 is 10.1 Å². The van der Waals surface area contributed by atoms with Crippen LogP contribution in [0, 0.1) is 0 Å². The molecule has 2 aliphatic carbocycles. The summed E-state index contributed by atoms with van der Waals surface area (Å²) in [6.07, 6.45) is 8.51. The lowest BCUT2D eigenvalue weighted by molar-refractivity contribution is -0.115. The quantitative estimate of drug-likeness (QED) is 0.290. The lowest BCUT2D eigenvalue weighted by Gasteiger charge is -2.17. The summed E-state index contributed by atoms with van der Waals surface area (Å²) in [7, 11) is 0. The maximum Gasteiger partial charge on any atom is 0.341 e. The fourth-order valence-corrected chi connectivity index (χ4v) is 7.06. The van der Waals surface area contributed by atoms with Crippen molar-refractivity contribution in [3.63, 3.8) is 0 Å². The van der Waals surface area contributed by atoms with Crippen LogP contribution in [0.3, 0.4) is 0 Å². The number of fused-ring (bicyclic) bond motifs is 4. The number of aromatic nitrogens is 4. The van der Waals surface area contributed by atoms with Gasteiger partial charge in [-0.1, -0.05) is 18.2 Å². The van der Waals surface area contributed by atoms with Crippen molar-refractivity contribution in [3.8, 4) is 0 Å². The van der Waals surface area contributed by atoms with Gasteiger partial charge in [0.25, 0.3) is 5.56 Å². The Morgan fingerprint density at radius 2 is 1.86 bits per heavy atom. The normalized spacial score (nSPS) is 16.3. The number of amides is 1. The molecule has 11 heteroatoms. The number of nitrogens with one attached hydrogen (secondary N) is 2. The number of carbonyl (C=O) groups is 2. The smallest absolute Gasteiger partial charge is 0.341 e. The van der Waals surface area contributed by atoms with Crippen molar-refractivity contribution in [2.24, 2.45) is 0 Å². The van der Waals surface area contributed by atoms with E-state index in [2.05, 4.69) is 20.5 Å². The summed E-state index contributed by atoms with van der Waals surface area (Å²) in [5, 5.41) is 12.1. The molecule has 0 bridgehead atoms. The summed E-state index contributed by atoms with van der Waals surface area (Å²) in [5.41, 5.74) is 3.15. The summed E-state index contributed by atoms with van der Waals surface area (Å²) < 4.78 is 7.21. The van der Waals surface area contributed by atoms with E-state index in [0.717, 1.165) is 74.6 Å². The third kappa shape index (κ3) is 4.63. The minimum Gasteiger partial charge on any atom is -0.462 e. The van der Waals surface area contributed by atoms with E-state index in [1.165, 1.54) is 28.0 Å². The predicted octanol–water partition coefficient (Wildman–Crippen LogP) is 3.92. The number of thiophene rings is 1. The fourth-order valence-electron chi connectivity index (χ4n) is 4.90. The summed E-state index contributed by atoms with van der Waals surface area (Å²) >= 11 is 2.78. The molecule has 0 saturated carbocycles. The number of thioether (sulfide) groups is 1. The first-order valence-corrected chi connectivity index (χ1v) is 14.0. The number of H-pyrrole nitrogens is 1. The first-order valence-electron chi connectivity index (χ1n) is 12.3. The Kier molecular flexibility index (Phi) is 6.97. The molecule has 3 heterocycles.